The highest BCUT2D eigenvalue weighted by atomic mass is 19.1. The van der Waals surface area contributed by atoms with Crippen LogP contribution in [0.4, 0.5) is 9.18 Å². The summed E-state index contributed by atoms with van der Waals surface area (Å²) in [6.45, 7) is 11.7. The summed E-state index contributed by atoms with van der Waals surface area (Å²) in [6, 6.07) is 17.6. The highest BCUT2D eigenvalue weighted by Gasteiger charge is 2.27. The van der Waals surface area contributed by atoms with Crippen molar-refractivity contribution in [2.24, 2.45) is 0 Å². The van der Waals surface area contributed by atoms with E-state index in [1.54, 1.807) is 12.1 Å². The van der Waals surface area contributed by atoms with Gasteiger partial charge in [0.1, 0.15) is 17.1 Å². The number of halogens is 1. The molecule has 2 aromatic carbocycles. The number of aryl methyl sites for hydroxylation is 1. The number of benzene rings is 2. The maximum atomic E-state index is 13.8. The van der Waals surface area contributed by atoms with Gasteiger partial charge in [0.2, 0.25) is 0 Å². The van der Waals surface area contributed by atoms with Gasteiger partial charge in [-0.3, -0.25) is 4.68 Å². The van der Waals surface area contributed by atoms with E-state index in [1.807, 2.05) is 55.7 Å². The van der Waals surface area contributed by atoms with Gasteiger partial charge >= 0.3 is 6.09 Å². The molecule has 8 heteroatoms. The minimum atomic E-state index is -0.480. The molecular formula is C35H38FN5O2. The lowest BCUT2D eigenvalue weighted by molar-refractivity contribution is 0.0205. The Labute approximate surface area is 251 Å². The van der Waals surface area contributed by atoms with Crippen LogP contribution in [0.3, 0.4) is 0 Å². The summed E-state index contributed by atoms with van der Waals surface area (Å²) in [5, 5.41) is 5.83. The minimum Gasteiger partial charge on any atom is -0.444 e. The summed E-state index contributed by atoms with van der Waals surface area (Å²) < 4.78 is 21.3. The van der Waals surface area contributed by atoms with Crippen LogP contribution in [-0.2, 0) is 11.3 Å². The molecule has 1 fully saturated rings. The van der Waals surface area contributed by atoms with Crippen LogP contribution < -0.4 is 0 Å². The predicted molar refractivity (Wildman–Crippen MR) is 168 cm³/mol. The van der Waals surface area contributed by atoms with E-state index in [0.29, 0.717) is 25.6 Å². The van der Waals surface area contributed by atoms with Gasteiger partial charge in [0.15, 0.2) is 0 Å². The predicted octanol–water partition coefficient (Wildman–Crippen LogP) is 8.01. The molecular weight excluding hydrogens is 541 g/mol. The van der Waals surface area contributed by atoms with Gasteiger partial charge in [0.25, 0.3) is 0 Å². The Kier molecular flexibility index (Phi) is 7.54. The van der Waals surface area contributed by atoms with E-state index in [9.17, 15) is 9.18 Å². The number of likely N-dealkylation sites (tertiary alicyclic amines) is 1. The van der Waals surface area contributed by atoms with Gasteiger partial charge < -0.3 is 14.6 Å². The van der Waals surface area contributed by atoms with E-state index < -0.39 is 5.60 Å². The maximum absolute atomic E-state index is 13.8. The molecule has 0 radical (unpaired) electrons. The molecule has 5 aromatic rings. The quantitative estimate of drug-likeness (QED) is 0.229. The Balaban J connectivity index is 1.20. The zero-order valence-corrected chi connectivity index (χ0v) is 25.4. The molecule has 1 N–H and O–H groups in total. The molecule has 7 nitrogen and oxygen atoms in total. The van der Waals surface area contributed by atoms with E-state index >= 15 is 0 Å². The lowest BCUT2D eigenvalue weighted by Crippen LogP contribution is -2.41. The molecule has 1 amide bonds. The number of aromatic nitrogens is 4. The van der Waals surface area contributed by atoms with E-state index in [-0.39, 0.29) is 11.9 Å². The number of rotatable bonds is 5. The second-order valence-electron chi connectivity index (χ2n) is 12.5. The van der Waals surface area contributed by atoms with Gasteiger partial charge in [-0.05, 0) is 88.3 Å². The summed E-state index contributed by atoms with van der Waals surface area (Å²) in [4.78, 5) is 22.3. The highest BCUT2D eigenvalue weighted by Crippen LogP contribution is 2.36. The normalized spacial score (nSPS) is 14.4. The van der Waals surface area contributed by atoms with Gasteiger partial charge in [0, 0.05) is 53.3 Å². The van der Waals surface area contributed by atoms with Crippen LogP contribution in [0, 0.1) is 19.7 Å². The minimum absolute atomic E-state index is 0.224. The van der Waals surface area contributed by atoms with Crippen LogP contribution in [0.5, 0.6) is 0 Å². The number of piperidine rings is 1. The van der Waals surface area contributed by atoms with E-state index in [1.165, 1.54) is 11.6 Å². The van der Waals surface area contributed by atoms with Crippen molar-refractivity contribution in [1.29, 1.82) is 0 Å². The molecule has 0 atom stereocenters. The number of fused-ring (bicyclic) bond motifs is 1. The van der Waals surface area contributed by atoms with Crippen LogP contribution in [0.15, 0.2) is 67.0 Å². The Morgan fingerprint density at radius 3 is 2.49 bits per heavy atom. The lowest BCUT2D eigenvalue weighted by Gasteiger charge is -2.33. The Morgan fingerprint density at radius 2 is 1.79 bits per heavy atom. The molecule has 222 valence electrons. The van der Waals surface area contributed by atoms with Crippen LogP contribution in [0.2, 0.25) is 0 Å². The number of amides is 1. The van der Waals surface area contributed by atoms with Gasteiger partial charge in [-0.1, -0.05) is 36.4 Å². The average molecular weight is 580 g/mol. The van der Waals surface area contributed by atoms with Crippen molar-refractivity contribution in [3.05, 3.63) is 95.3 Å². The van der Waals surface area contributed by atoms with Gasteiger partial charge in [-0.2, -0.15) is 5.10 Å². The number of hydrogen-bond acceptors (Lipinski definition) is 4. The zero-order chi connectivity index (χ0) is 30.3. The number of aromatic amines is 1. The number of pyridine rings is 1. The maximum Gasteiger partial charge on any atom is 0.410 e. The largest absolute Gasteiger partial charge is 0.444 e. The third kappa shape index (κ3) is 6.05. The van der Waals surface area contributed by atoms with Crippen molar-refractivity contribution in [2.45, 2.75) is 65.5 Å². The first kappa shape index (κ1) is 28.6. The van der Waals surface area contributed by atoms with Crippen molar-refractivity contribution in [2.75, 3.05) is 13.1 Å². The molecule has 4 heterocycles. The fraction of sp³-hybridized carbons (Fsp3) is 0.343. The zero-order valence-electron chi connectivity index (χ0n) is 25.4. The van der Waals surface area contributed by atoms with Crippen molar-refractivity contribution in [3.8, 4) is 22.3 Å². The summed E-state index contributed by atoms with van der Waals surface area (Å²) in [5.41, 5.74) is 8.72. The first-order valence-electron chi connectivity index (χ1n) is 14.9. The van der Waals surface area contributed by atoms with Gasteiger partial charge in [0.05, 0.1) is 12.2 Å². The summed E-state index contributed by atoms with van der Waals surface area (Å²) in [7, 11) is 0. The van der Waals surface area contributed by atoms with Crippen molar-refractivity contribution < 1.29 is 13.9 Å². The fourth-order valence-electron chi connectivity index (χ4n) is 6.09. The first-order chi connectivity index (χ1) is 20.6. The molecule has 0 bridgehead atoms. The van der Waals surface area contributed by atoms with Crippen LogP contribution in [0.1, 0.15) is 62.0 Å². The van der Waals surface area contributed by atoms with E-state index in [0.717, 1.165) is 63.1 Å². The number of H-pyrrole nitrogens is 1. The number of carbonyl (C=O) groups excluding carboxylic acids is 1. The summed E-state index contributed by atoms with van der Waals surface area (Å²) >= 11 is 0. The third-order valence-corrected chi connectivity index (χ3v) is 8.27. The molecule has 1 saturated heterocycles. The Bertz CT molecular complexity index is 1770. The topological polar surface area (TPSA) is 76.0 Å². The molecule has 0 aliphatic carbocycles. The molecule has 0 saturated carbocycles. The number of hydrogen-bond donors (Lipinski definition) is 1. The SMILES string of the molecule is Cc1nn(Cc2cccc(F)c2)c(C)c1-c1c[nH]c2ncc(-c3ccc(C4CCN(C(=O)OC(C)(C)C)CC4)cc3)cc12. The third-order valence-electron chi connectivity index (χ3n) is 8.27. The van der Waals surface area contributed by atoms with Crippen molar-refractivity contribution in [3.63, 3.8) is 0 Å². The first-order valence-corrected chi connectivity index (χ1v) is 14.9. The van der Waals surface area contributed by atoms with Crippen LogP contribution in [0.25, 0.3) is 33.3 Å². The number of nitrogens with one attached hydrogen (secondary N) is 1. The molecule has 43 heavy (non-hydrogen) atoms. The number of carbonyl (C=O) groups is 1. The van der Waals surface area contributed by atoms with Crippen molar-refractivity contribution >= 4 is 17.1 Å². The fourth-order valence-corrected chi connectivity index (χ4v) is 6.09. The second-order valence-corrected chi connectivity index (χ2v) is 12.5. The Hall–Kier alpha value is -4.46. The highest BCUT2D eigenvalue weighted by molar-refractivity contribution is 5.97. The lowest BCUT2D eigenvalue weighted by atomic mass is 9.88. The molecule has 3 aromatic heterocycles. The molecule has 0 unspecified atom stereocenters. The number of nitrogens with zero attached hydrogens (tertiary/aromatic N) is 4. The van der Waals surface area contributed by atoms with Crippen molar-refractivity contribution in [1.82, 2.24) is 24.6 Å². The second kappa shape index (κ2) is 11.3. The van der Waals surface area contributed by atoms with Crippen LogP contribution in [-0.4, -0.2) is 49.4 Å². The average Bonchev–Trinajstić information content (AvgIpc) is 3.50. The summed E-state index contributed by atoms with van der Waals surface area (Å²) in [6.07, 6.45) is 5.52. The molecule has 6 rings (SSSR count). The molecule has 1 aliphatic rings. The van der Waals surface area contributed by atoms with Crippen LogP contribution >= 0.6 is 0 Å². The van der Waals surface area contributed by atoms with Gasteiger partial charge in [-0.15, -0.1) is 0 Å². The number of ether oxygens (including phenoxy) is 1. The van der Waals surface area contributed by atoms with E-state index in [4.69, 9.17) is 14.8 Å². The summed E-state index contributed by atoms with van der Waals surface area (Å²) in [5.74, 6) is 0.172. The van der Waals surface area contributed by atoms with Gasteiger partial charge in [-0.25, -0.2) is 14.2 Å². The monoisotopic (exact) mass is 579 g/mol. The standard InChI is InChI=1S/C35H38FN5O2/c1-22-32(23(2)41(39-22)21-24-7-6-8-29(36)17-24)31-20-38-33-30(31)18-28(19-37-33)26-11-9-25(10-12-26)27-13-15-40(16-14-27)34(42)43-35(3,4)5/h6-12,17-20,27H,13-16,21H2,1-5H3,(H,37,38). The molecule has 0 spiro atoms. The Morgan fingerprint density at radius 1 is 1.05 bits per heavy atom. The molecule has 1 aliphatic heterocycles. The van der Waals surface area contributed by atoms with E-state index in [2.05, 4.69) is 42.2 Å². The smallest absolute Gasteiger partial charge is 0.410 e.